The molecule has 3 rings (SSSR count). The topological polar surface area (TPSA) is 13.0 Å². The van der Waals surface area contributed by atoms with Gasteiger partial charge in [0.25, 0.3) is 0 Å². The molecule has 0 atom stereocenters. The first-order valence-electron chi connectivity index (χ1n) is 9.14. The smallest absolute Gasteiger partial charge is 0.0367 e. The average Bonchev–Trinajstić information content (AvgIpc) is 2.58. The molecule has 0 aliphatic carbocycles. The fourth-order valence-corrected chi connectivity index (χ4v) is 3.52. The van der Waals surface area contributed by atoms with Crippen LogP contribution in [0.5, 0.6) is 0 Å². The first-order chi connectivity index (χ1) is 11.2. The molecular formula is C19H32N4. The highest BCUT2D eigenvalue weighted by Gasteiger charge is 2.14. The molecule has 2 heterocycles. The predicted molar refractivity (Wildman–Crippen MR) is 98.4 cm³/mol. The van der Waals surface area contributed by atoms with Crippen molar-refractivity contribution in [3.8, 4) is 0 Å². The number of piperazine rings is 2. The van der Waals surface area contributed by atoms with Gasteiger partial charge in [0.15, 0.2) is 0 Å². The van der Waals surface area contributed by atoms with E-state index < -0.39 is 0 Å². The zero-order chi connectivity index (χ0) is 16.1. The van der Waals surface area contributed by atoms with Crippen LogP contribution in [0.3, 0.4) is 0 Å². The monoisotopic (exact) mass is 316 g/mol. The molecule has 0 spiro atoms. The lowest BCUT2D eigenvalue weighted by Gasteiger charge is -2.34. The molecule has 0 aromatic heterocycles. The molecule has 2 saturated heterocycles. The summed E-state index contributed by atoms with van der Waals surface area (Å²) >= 11 is 0. The van der Waals surface area contributed by atoms with Crippen LogP contribution in [0.25, 0.3) is 0 Å². The lowest BCUT2D eigenvalue weighted by Crippen LogP contribution is -2.44. The number of hydrogen-bond acceptors (Lipinski definition) is 4. The maximum atomic E-state index is 2.61. The molecule has 2 aliphatic rings. The predicted octanol–water partition coefficient (Wildman–Crippen LogP) is 1.62. The first kappa shape index (κ1) is 16.7. The Balaban J connectivity index is 1.41. The molecule has 1 aromatic carbocycles. The molecular weight excluding hydrogens is 284 g/mol. The van der Waals surface area contributed by atoms with Gasteiger partial charge in [0.1, 0.15) is 0 Å². The highest BCUT2D eigenvalue weighted by molar-refractivity contribution is 5.48. The summed E-state index contributed by atoms with van der Waals surface area (Å²) in [6.07, 6.45) is 2.48. The maximum absolute atomic E-state index is 2.61. The number of nitrogens with zero attached hydrogens (tertiary/aromatic N) is 4. The van der Waals surface area contributed by atoms with Crippen LogP contribution in [-0.2, 0) is 6.42 Å². The van der Waals surface area contributed by atoms with Crippen LogP contribution in [0, 0.1) is 0 Å². The highest BCUT2D eigenvalue weighted by Crippen LogP contribution is 2.18. The summed E-state index contributed by atoms with van der Waals surface area (Å²) in [4.78, 5) is 9.95. The second-order valence-electron chi connectivity index (χ2n) is 7.21. The normalized spacial score (nSPS) is 21.7. The summed E-state index contributed by atoms with van der Waals surface area (Å²) in [6, 6.07) is 9.29. The van der Waals surface area contributed by atoms with E-state index in [9.17, 15) is 0 Å². The van der Waals surface area contributed by atoms with E-state index in [4.69, 9.17) is 0 Å². The van der Waals surface area contributed by atoms with Crippen molar-refractivity contribution in [3.05, 3.63) is 29.8 Å². The standard InChI is InChI=1S/C19H32N4/c1-20-10-14-22(15-11-20)9-3-4-18-5-7-19(8-6-18)23-16-12-21(2)13-17-23/h5-8H,3-4,9-17H2,1-2H3. The molecule has 0 amide bonds. The Morgan fingerprint density at radius 3 is 1.91 bits per heavy atom. The Hall–Kier alpha value is -1.10. The Kier molecular flexibility index (Phi) is 5.92. The largest absolute Gasteiger partial charge is 0.369 e. The van der Waals surface area contributed by atoms with Crippen molar-refractivity contribution in [2.45, 2.75) is 12.8 Å². The SMILES string of the molecule is CN1CCN(CCCc2ccc(N3CCN(C)CC3)cc2)CC1. The van der Waals surface area contributed by atoms with E-state index in [1.165, 1.54) is 69.9 Å². The molecule has 1 aromatic rings. The van der Waals surface area contributed by atoms with Crippen molar-refractivity contribution in [2.24, 2.45) is 0 Å². The molecule has 0 N–H and O–H groups in total. The van der Waals surface area contributed by atoms with E-state index in [0.29, 0.717) is 0 Å². The molecule has 128 valence electrons. The number of likely N-dealkylation sites (N-methyl/N-ethyl adjacent to an activating group) is 2. The van der Waals surface area contributed by atoms with Gasteiger partial charge >= 0.3 is 0 Å². The molecule has 0 radical (unpaired) electrons. The van der Waals surface area contributed by atoms with Gasteiger partial charge in [0.2, 0.25) is 0 Å². The quantitative estimate of drug-likeness (QED) is 0.818. The Morgan fingerprint density at radius 2 is 1.30 bits per heavy atom. The van der Waals surface area contributed by atoms with E-state index in [1.807, 2.05) is 0 Å². The molecule has 4 heteroatoms. The molecule has 0 unspecified atom stereocenters. The third-order valence-corrected chi connectivity index (χ3v) is 5.34. The maximum Gasteiger partial charge on any atom is 0.0367 e. The van der Waals surface area contributed by atoms with Crippen molar-refractivity contribution >= 4 is 5.69 Å². The van der Waals surface area contributed by atoms with Crippen molar-refractivity contribution < 1.29 is 0 Å². The van der Waals surface area contributed by atoms with Gasteiger partial charge in [-0.25, -0.2) is 0 Å². The van der Waals surface area contributed by atoms with E-state index in [2.05, 4.69) is 58.0 Å². The van der Waals surface area contributed by atoms with Crippen LogP contribution in [0.15, 0.2) is 24.3 Å². The van der Waals surface area contributed by atoms with Gasteiger partial charge in [-0.2, -0.15) is 0 Å². The number of hydrogen-bond donors (Lipinski definition) is 0. The van der Waals surface area contributed by atoms with Gasteiger partial charge in [0.05, 0.1) is 0 Å². The van der Waals surface area contributed by atoms with Crippen LogP contribution < -0.4 is 4.90 Å². The lowest BCUT2D eigenvalue weighted by molar-refractivity contribution is 0.153. The second-order valence-corrected chi connectivity index (χ2v) is 7.21. The minimum Gasteiger partial charge on any atom is -0.369 e. The summed E-state index contributed by atoms with van der Waals surface area (Å²) in [5.74, 6) is 0. The van der Waals surface area contributed by atoms with Crippen LogP contribution in [0.4, 0.5) is 5.69 Å². The zero-order valence-electron chi connectivity index (χ0n) is 14.9. The van der Waals surface area contributed by atoms with E-state index in [1.54, 1.807) is 0 Å². The summed E-state index contributed by atoms with van der Waals surface area (Å²) in [5.41, 5.74) is 2.87. The summed E-state index contributed by atoms with van der Waals surface area (Å²) < 4.78 is 0. The summed E-state index contributed by atoms with van der Waals surface area (Å²) in [7, 11) is 4.43. The molecule has 4 nitrogen and oxygen atoms in total. The summed E-state index contributed by atoms with van der Waals surface area (Å²) in [6.45, 7) is 10.8. The van der Waals surface area contributed by atoms with Gasteiger partial charge in [-0.1, -0.05) is 12.1 Å². The van der Waals surface area contributed by atoms with Crippen LogP contribution in [0.2, 0.25) is 0 Å². The van der Waals surface area contributed by atoms with E-state index in [-0.39, 0.29) is 0 Å². The van der Waals surface area contributed by atoms with Crippen molar-refractivity contribution in [2.75, 3.05) is 77.9 Å². The number of rotatable bonds is 5. The molecule has 0 saturated carbocycles. The van der Waals surface area contributed by atoms with Crippen molar-refractivity contribution in [1.29, 1.82) is 0 Å². The molecule has 0 bridgehead atoms. The Morgan fingerprint density at radius 1 is 0.739 bits per heavy atom. The summed E-state index contributed by atoms with van der Waals surface area (Å²) in [5, 5.41) is 0. The first-order valence-corrected chi connectivity index (χ1v) is 9.14. The van der Waals surface area contributed by atoms with Gasteiger partial charge in [-0.05, 0) is 51.2 Å². The van der Waals surface area contributed by atoms with Crippen LogP contribution in [0.1, 0.15) is 12.0 Å². The third kappa shape index (κ3) is 4.93. The molecule has 2 aliphatic heterocycles. The number of anilines is 1. The Bertz CT molecular complexity index is 457. The van der Waals surface area contributed by atoms with Crippen molar-refractivity contribution in [1.82, 2.24) is 14.7 Å². The van der Waals surface area contributed by atoms with Crippen LogP contribution >= 0.6 is 0 Å². The second kappa shape index (κ2) is 8.13. The van der Waals surface area contributed by atoms with Gasteiger partial charge in [-0.15, -0.1) is 0 Å². The van der Waals surface area contributed by atoms with E-state index in [0.717, 1.165) is 13.1 Å². The average molecular weight is 316 g/mol. The van der Waals surface area contributed by atoms with Crippen LogP contribution in [-0.4, -0.2) is 87.7 Å². The van der Waals surface area contributed by atoms with Gasteiger partial charge in [0, 0.05) is 58.0 Å². The zero-order valence-corrected chi connectivity index (χ0v) is 14.9. The minimum atomic E-state index is 1.15. The third-order valence-electron chi connectivity index (χ3n) is 5.34. The van der Waals surface area contributed by atoms with Gasteiger partial charge < -0.3 is 19.6 Å². The minimum absolute atomic E-state index is 1.15. The number of aryl methyl sites for hydroxylation is 1. The lowest BCUT2D eigenvalue weighted by atomic mass is 10.1. The van der Waals surface area contributed by atoms with E-state index >= 15 is 0 Å². The highest BCUT2D eigenvalue weighted by atomic mass is 15.3. The fraction of sp³-hybridized carbons (Fsp3) is 0.684. The number of benzene rings is 1. The van der Waals surface area contributed by atoms with Gasteiger partial charge in [-0.3, -0.25) is 0 Å². The fourth-order valence-electron chi connectivity index (χ4n) is 3.52. The molecule has 23 heavy (non-hydrogen) atoms. The Labute approximate surface area is 141 Å². The molecule has 2 fully saturated rings. The van der Waals surface area contributed by atoms with Crippen molar-refractivity contribution in [3.63, 3.8) is 0 Å².